The first-order valence-corrected chi connectivity index (χ1v) is 12.7. The zero-order valence-electron chi connectivity index (χ0n) is 21.4. The van der Waals surface area contributed by atoms with Gasteiger partial charge < -0.3 is 9.47 Å². The third kappa shape index (κ3) is 4.89. The van der Waals surface area contributed by atoms with Gasteiger partial charge in [-0.15, -0.1) is 0 Å². The normalized spacial score (nSPS) is 18.8. The third-order valence-corrected chi connectivity index (χ3v) is 6.74. The van der Waals surface area contributed by atoms with E-state index >= 15 is 0 Å². The van der Waals surface area contributed by atoms with Crippen LogP contribution in [0.4, 0.5) is 0 Å². The van der Waals surface area contributed by atoms with Crippen molar-refractivity contribution in [2.75, 3.05) is 19.8 Å². The van der Waals surface area contributed by atoms with Gasteiger partial charge in [-0.25, -0.2) is 4.68 Å². The van der Waals surface area contributed by atoms with Crippen LogP contribution in [-0.4, -0.2) is 52.4 Å². The molecule has 1 atom stereocenters. The summed E-state index contributed by atoms with van der Waals surface area (Å²) in [4.78, 5) is 27.8. The zero-order valence-corrected chi connectivity index (χ0v) is 21.4. The Morgan fingerprint density at radius 2 is 1.89 bits per heavy atom. The van der Waals surface area contributed by atoms with Gasteiger partial charge in [0.2, 0.25) is 0 Å². The summed E-state index contributed by atoms with van der Waals surface area (Å²) >= 11 is 0. The second-order valence-corrected chi connectivity index (χ2v) is 9.20. The van der Waals surface area contributed by atoms with E-state index in [1.54, 1.807) is 17.7 Å². The number of para-hydroxylation sites is 1. The lowest BCUT2D eigenvalue weighted by molar-refractivity contribution is -0.142. The molecule has 1 fully saturated rings. The first-order chi connectivity index (χ1) is 18.5. The van der Waals surface area contributed by atoms with Crippen LogP contribution < -0.4 is 4.74 Å². The number of hydrogen-bond acceptors (Lipinski definition) is 6. The molecule has 0 saturated carbocycles. The van der Waals surface area contributed by atoms with Crippen molar-refractivity contribution in [3.05, 3.63) is 83.1 Å². The third-order valence-electron chi connectivity index (χ3n) is 6.74. The summed E-state index contributed by atoms with van der Waals surface area (Å²) in [5.41, 5.74) is 3.66. The summed E-state index contributed by atoms with van der Waals surface area (Å²) in [5.74, 6) is -0.261. The van der Waals surface area contributed by atoms with Crippen LogP contribution in [0, 0.1) is 11.3 Å². The molecular weight excluding hydrogens is 480 g/mol. The number of rotatable bonds is 7. The molecule has 0 unspecified atom stereocenters. The Bertz CT molecular complexity index is 1460. The van der Waals surface area contributed by atoms with Crippen molar-refractivity contribution in [2.24, 2.45) is 0 Å². The summed E-state index contributed by atoms with van der Waals surface area (Å²) in [6.07, 6.45) is 5.01. The van der Waals surface area contributed by atoms with Crippen molar-refractivity contribution in [3.63, 3.8) is 0 Å². The highest BCUT2D eigenvalue weighted by Gasteiger charge is 2.37. The van der Waals surface area contributed by atoms with E-state index in [1.807, 2.05) is 73.8 Å². The molecule has 1 saturated heterocycles. The fraction of sp³-hybridized carbons (Fsp3) is 0.267. The second-order valence-electron chi connectivity index (χ2n) is 9.20. The predicted molar refractivity (Wildman–Crippen MR) is 142 cm³/mol. The van der Waals surface area contributed by atoms with E-state index in [4.69, 9.17) is 14.6 Å². The highest BCUT2D eigenvalue weighted by Crippen LogP contribution is 2.32. The molecule has 8 nitrogen and oxygen atoms in total. The van der Waals surface area contributed by atoms with Gasteiger partial charge in [-0.3, -0.25) is 14.5 Å². The highest BCUT2D eigenvalue weighted by molar-refractivity contribution is 6.19. The SMILES string of the molecule is CCOc1ccc(-c2nn(-c3ccccc3)cc2/C=C2\C(=O)N(C[C@H]3CCCO3)C(=O)C(C#N)=C2C)cc1. The van der Waals surface area contributed by atoms with Gasteiger partial charge in [-0.05, 0) is 74.7 Å². The number of nitrogens with zero attached hydrogens (tertiary/aromatic N) is 4. The largest absolute Gasteiger partial charge is 0.494 e. The van der Waals surface area contributed by atoms with Crippen LogP contribution in [0.3, 0.4) is 0 Å². The van der Waals surface area contributed by atoms with Crippen LogP contribution in [0.2, 0.25) is 0 Å². The molecule has 8 heteroatoms. The van der Waals surface area contributed by atoms with Gasteiger partial charge in [0.25, 0.3) is 11.8 Å². The molecule has 2 amide bonds. The number of amides is 2. The van der Waals surface area contributed by atoms with E-state index in [2.05, 4.69) is 0 Å². The van der Waals surface area contributed by atoms with Crippen molar-refractivity contribution >= 4 is 17.9 Å². The molecule has 1 aromatic heterocycles. The molecule has 5 rings (SSSR count). The van der Waals surface area contributed by atoms with Gasteiger partial charge in [0.15, 0.2) is 0 Å². The number of hydrogen-bond donors (Lipinski definition) is 0. The lowest BCUT2D eigenvalue weighted by Crippen LogP contribution is -2.46. The Balaban J connectivity index is 1.61. The van der Waals surface area contributed by atoms with Gasteiger partial charge in [-0.1, -0.05) is 18.2 Å². The molecule has 38 heavy (non-hydrogen) atoms. The molecule has 0 N–H and O–H groups in total. The first kappa shape index (κ1) is 25.2. The average Bonchev–Trinajstić information content (AvgIpc) is 3.61. The second kappa shape index (κ2) is 10.9. The Morgan fingerprint density at radius 1 is 1.13 bits per heavy atom. The van der Waals surface area contributed by atoms with Crippen molar-refractivity contribution in [2.45, 2.75) is 32.8 Å². The molecule has 192 valence electrons. The topological polar surface area (TPSA) is 97.4 Å². The van der Waals surface area contributed by atoms with Gasteiger partial charge in [0, 0.05) is 29.5 Å². The molecule has 0 bridgehead atoms. The summed E-state index contributed by atoms with van der Waals surface area (Å²) in [5, 5.41) is 14.6. The van der Waals surface area contributed by atoms with Gasteiger partial charge in [0.1, 0.15) is 17.4 Å². The number of nitriles is 1. The van der Waals surface area contributed by atoms with Gasteiger partial charge >= 0.3 is 0 Å². The van der Waals surface area contributed by atoms with E-state index in [1.165, 1.54) is 0 Å². The van der Waals surface area contributed by atoms with E-state index in [0.717, 1.165) is 34.7 Å². The summed E-state index contributed by atoms with van der Waals surface area (Å²) in [7, 11) is 0. The first-order valence-electron chi connectivity index (χ1n) is 12.7. The van der Waals surface area contributed by atoms with E-state index in [0.29, 0.717) is 35.6 Å². The molecule has 2 aliphatic heterocycles. The van der Waals surface area contributed by atoms with Crippen LogP contribution in [0.15, 0.2) is 77.5 Å². The summed E-state index contributed by atoms with van der Waals surface area (Å²) < 4.78 is 13.0. The highest BCUT2D eigenvalue weighted by atomic mass is 16.5. The number of imide groups is 1. The van der Waals surface area contributed by atoms with Gasteiger partial charge in [-0.2, -0.15) is 10.4 Å². The maximum absolute atomic E-state index is 13.6. The van der Waals surface area contributed by atoms with Crippen molar-refractivity contribution in [1.29, 1.82) is 5.26 Å². The number of carbonyl (C=O) groups excluding carboxylic acids is 2. The summed E-state index contributed by atoms with van der Waals surface area (Å²) in [6, 6.07) is 19.3. The summed E-state index contributed by atoms with van der Waals surface area (Å²) in [6.45, 7) is 4.87. The molecule has 3 aromatic rings. The minimum absolute atomic E-state index is 0.0353. The Labute approximate surface area is 221 Å². The van der Waals surface area contributed by atoms with E-state index in [9.17, 15) is 14.9 Å². The van der Waals surface area contributed by atoms with Crippen LogP contribution >= 0.6 is 0 Å². The fourth-order valence-electron chi connectivity index (χ4n) is 4.75. The van der Waals surface area contributed by atoms with Crippen LogP contribution in [0.1, 0.15) is 32.3 Å². The average molecular weight is 509 g/mol. The monoisotopic (exact) mass is 508 g/mol. The molecular formula is C30H28N4O4. The smallest absolute Gasteiger partial charge is 0.271 e. The maximum Gasteiger partial charge on any atom is 0.271 e. The molecule has 2 aliphatic rings. The maximum atomic E-state index is 13.6. The van der Waals surface area contributed by atoms with Gasteiger partial charge in [0.05, 0.1) is 30.6 Å². The van der Waals surface area contributed by atoms with Crippen molar-refractivity contribution in [3.8, 4) is 28.8 Å². The quantitative estimate of drug-likeness (QED) is 0.339. The molecule has 0 aliphatic carbocycles. The Morgan fingerprint density at radius 3 is 2.55 bits per heavy atom. The number of ether oxygens (including phenoxy) is 2. The van der Waals surface area contributed by atoms with Crippen LogP contribution in [0.25, 0.3) is 23.0 Å². The molecule has 2 aromatic carbocycles. The number of benzene rings is 2. The Hall–Kier alpha value is -4.48. The molecule has 0 radical (unpaired) electrons. The number of aromatic nitrogens is 2. The minimum atomic E-state index is -0.575. The molecule has 3 heterocycles. The lowest BCUT2D eigenvalue weighted by atomic mass is 9.93. The van der Waals surface area contributed by atoms with E-state index < -0.39 is 11.8 Å². The van der Waals surface area contributed by atoms with Crippen molar-refractivity contribution < 1.29 is 19.1 Å². The number of carbonyl (C=O) groups is 2. The molecule has 0 spiro atoms. The van der Waals surface area contributed by atoms with Crippen LogP contribution in [-0.2, 0) is 14.3 Å². The predicted octanol–water partition coefficient (Wildman–Crippen LogP) is 4.71. The van der Waals surface area contributed by atoms with Crippen molar-refractivity contribution in [1.82, 2.24) is 14.7 Å². The zero-order chi connectivity index (χ0) is 26.6. The minimum Gasteiger partial charge on any atom is -0.494 e. The standard InChI is InChI=1S/C30H28N4O4/c1-3-37-24-13-11-21(12-14-24)28-22(18-34(32-28)23-8-5-4-6-9-23)16-26-20(2)27(17-31)30(36)33(29(26)35)19-25-10-7-15-38-25/h4-6,8-9,11-14,16,18,25H,3,7,10,15,19H2,1-2H3/b26-16-/t25-/m1/s1. The Kier molecular flexibility index (Phi) is 7.20. The van der Waals surface area contributed by atoms with E-state index in [-0.39, 0.29) is 18.2 Å². The fourth-order valence-corrected chi connectivity index (χ4v) is 4.75. The van der Waals surface area contributed by atoms with Crippen LogP contribution in [0.5, 0.6) is 5.75 Å². The lowest BCUT2D eigenvalue weighted by Gasteiger charge is -2.29.